The fraction of sp³-hybridized carbons (Fsp3) is 0.765. The van der Waals surface area contributed by atoms with Crippen LogP contribution in [-0.4, -0.2) is 23.1 Å². The van der Waals surface area contributed by atoms with Crippen molar-refractivity contribution in [2.45, 2.75) is 77.7 Å². The average Bonchev–Trinajstić information content (AvgIpc) is 2.67. The van der Waals surface area contributed by atoms with Crippen LogP contribution < -0.4 is 0 Å². The van der Waals surface area contributed by atoms with Crippen molar-refractivity contribution < 1.29 is 19.4 Å². The summed E-state index contributed by atoms with van der Waals surface area (Å²) in [6, 6.07) is 0. The molecule has 21 heavy (non-hydrogen) atoms. The van der Waals surface area contributed by atoms with Gasteiger partial charge in [-0.2, -0.15) is 0 Å². The van der Waals surface area contributed by atoms with E-state index in [2.05, 4.69) is 13.5 Å². The predicted octanol–water partition coefficient (Wildman–Crippen LogP) is 4.09. The number of carbonyl (C=O) groups excluding carboxylic acids is 1. The molecule has 0 bridgehead atoms. The lowest BCUT2D eigenvalue weighted by Gasteiger charge is -2.24. The number of carbonyl (C=O) groups is 2. The number of cyclic esters (lactones) is 1. The Labute approximate surface area is 127 Å². The summed E-state index contributed by atoms with van der Waals surface area (Å²) in [5.41, 5.74) is -1.20. The molecule has 4 nitrogen and oxygen atoms in total. The van der Waals surface area contributed by atoms with Gasteiger partial charge in [-0.05, 0) is 19.8 Å². The van der Waals surface area contributed by atoms with Gasteiger partial charge in [0.2, 0.25) is 0 Å². The molecular formula is C17H28O4. The summed E-state index contributed by atoms with van der Waals surface area (Å²) in [4.78, 5) is 23.0. The average molecular weight is 296 g/mol. The highest BCUT2D eigenvalue weighted by Crippen LogP contribution is 2.41. The van der Waals surface area contributed by atoms with Crippen LogP contribution in [0.5, 0.6) is 0 Å². The van der Waals surface area contributed by atoms with Crippen LogP contribution in [0.2, 0.25) is 0 Å². The van der Waals surface area contributed by atoms with Crippen molar-refractivity contribution in [3.8, 4) is 0 Å². The molecular weight excluding hydrogens is 268 g/mol. The van der Waals surface area contributed by atoms with E-state index in [-0.39, 0.29) is 5.57 Å². The fourth-order valence-corrected chi connectivity index (χ4v) is 2.80. The van der Waals surface area contributed by atoms with Gasteiger partial charge in [0.15, 0.2) is 0 Å². The Morgan fingerprint density at radius 3 is 2.24 bits per heavy atom. The summed E-state index contributed by atoms with van der Waals surface area (Å²) in [5.74, 6) is -1.59. The molecule has 0 amide bonds. The third-order valence-electron chi connectivity index (χ3n) is 4.53. The Kier molecular flexibility index (Phi) is 6.93. The first-order valence-corrected chi connectivity index (χ1v) is 8.08. The van der Waals surface area contributed by atoms with Crippen LogP contribution >= 0.6 is 0 Å². The van der Waals surface area contributed by atoms with Crippen molar-refractivity contribution in [3.63, 3.8) is 0 Å². The zero-order valence-corrected chi connectivity index (χ0v) is 13.3. The minimum absolute atomic E-state index is 0.0690. The van der Waals surface area contributed by atoms with Crippen molar-refractivity contribution >= 4 is 11.9 Å². The standard InChI is InChI=1S/C17H28O4/c1-4-5-6-7-8-9-10-11-12-14-17(3,16(19)20)13(2)15(18)21-14/h14H,2,4-12H2,1,3H3,(H,19,20). The highest BCUT2D eigenvalue weighted by atomic mass is 16.6. The zero-order chi connectivity index (χ0) is 15.9. The number of hydrogen-bond donors (Lipinski definition) is 1. The lowest BCUT2D eigenvalue weighted by atomic mass is 9.78. The molecule has 1 N–H and O–H groups in total. The molecule has 2 unspecified atom stereocenters. The number of hydrogen-bond acceptors (Lipinski definition) is 3. The molecule has 2 atom stereocenters. The van der Waals surface area contributed by atoms with Gasteiger partial charge in [-0.25, -0.2) is 4.79 Å². The van der Waals surface area contributed by atoms with Gasteiger partial charge in [-0.3, -0.25) is 4.79 Å². The van der Waals surface area contributed by atoms with E-state index >= 15 is 0 Å². The molecule has 1 saturated heterocycles. The lowest BCUT2D eigenvalue weighted by molar-refractivity contribution is -0.151. The van der Waals surface area contributed by atoms with Crippen molar-refractivity contribution in [3.05, 3.63) is 12.2 Å². The maximum Gasteiger partial charge on any atom is 0.335 e. The topological polar surface area (TPSA) is 63.6 Å². The molecule has 0 saturated carbocycles. The van der Waals surface area contributed by atoms with Gasteiger partial charge in [-0.1, -0.05) is 58.4 Å². The number of carboxylic acids is 1. The Bertz CT molecular complexity index is 388. The lowest BCUT2D eigenvalue weighted by Crippen LogP contribution is -2.37. The summed E-state index contributed by atoms with van der Waals surface area (Å²) in [6.45, 7) is 7.33. The summed E-state index contributed by atoms with van der Waals surface area (Å²) in [7, 11) is 0. The second kappa shape index (κ2) is 8.20. The number of unbranched alkanes of at least 4 members (excludes halogenated alkanes) is 7. The van der Waals surface area contributed by atoms with Gasteiger partial charge in [0.05, 0.1) is 5.57 Å². The molecule has 1 aliphatic heterocycles. The monoisotopic (exact) mass is 296 g/mol. The number of carboxylic acid groups (broad SMARTS) is 1. The second-order valence-electron chi connectivity index (χ2n) is 6.14. The van der Waals surface area contributed by atoms with Crippen LogP contribution in [0.15, 0.2) is 12.2 Å². The van der Waals surface area contributed by atoms with E-state index in [1.54, 1.807) is 0 Å². The van der Waals surface area contributed by atoms with Crippen LogP contribution in [0, 0.1) is 5.41 Å². The first-order chi connectivity index (χ1) is 9.94. The summed E-state index contributed by atoms with van der Waals surface area (Å²) < 4.78 is 5.19. The summed E-state index contributed by atoms with van der Waals surface area (Å²) in [6.07, 6.45) is 9.50. The van der Waals surface area contributed by atoms with Gasteiger partial charge in [-0.15, -0.1) is 0 Å². The van der Waals surface area contributed by atoms with Gasteiger partial charge < -0.3 is 9.84 Å². The molecule has 1 fully saturated rings. The predicted molar refractivity (Wildman–Crippen MR) is 82.0 cm³/mol. The summed E-state index contributed by atoms with van der Waals surface area (Å²) >= 11 is 0. The highest BCUT2D eigenvalue weighted by molar-refractivity contribution is 6.00. The molecule has 0 aliphatic carbocycles. The highest BCUT2D eigenvalue weighted by Gasteiger charge is 2.54. The second-order valence-corrected chi connectivity index (χ2v) is 6.14. The smallest absolute Gasteiger partial charge is 0.335 e. The third-order valence-corrected chi connectivity index (χ3v) is 4.53. The molecule has 0 spiro atoms. The van der Waals surface area contributed by atoms with Crippen LogP contribution in [0.4, 0.5) is 0 Å². The Morgan fingerprint density at radius 1 is 1.19 bits per heavy atom. The molecule has 1 heterocycles. The van der Waals surface area contributed by atoms with Crippen molar-refractivity contribution in [1.29, 1.82) is 0 Å². The van der Waals surface area contributed by atoms with E-state index in [0.29, 0.717) is 6.42 Å². The Balaban J connectivity index is 2.30. The minimum atomic E-state index is -1.27. The van der Waals surface area contributed by atoms with E-state index in [9.17, 15) is 14.7 Å². The number of ether oxygens (including phenoxy) is 1. The fourth-order valence-electron chi connectivity index (χ4n) is 2.80. The number of rotatable bonds is 10. The van der Waals surface area contributed by atoms with E-state index in [1.807, 2.05) is 0 Å². The number of aliphatic carboxylic acids is 1. The molecule has 120 valence electrons. The van der Waals surface area contributed by atoms with Crippen LogP contribution in [0.25, 0.3) is 0 Å². The third kappa shape index (κ3) is 4.32. The van der Waals surface area contributed by atoms with Gasteiger partial charge >= 0.3 is 11.9 Å². The SMILES string of the molecule is C=C1C(=O)OC(CCCCCCCCCC)C1(C)C(=O)O. The van der Waals surface area contributed by atoms with E-state index in [0.717, 1.165) is 19.3 Å². The largest absolute Gasteiger partial charge is 0.480 e. The molecule has 0 aromatic heterocycles. The maximum atomic E-state index is 11.6. The number of esters is 1. The van der Waals surface area contributed by atoms with Crippen molar-refractivity contribution in [2.75, 3.05) is 0 Å². The first-order valence-electron chi connectivity index (χ1n) is 8.08. The zero-order valence-electron chi connectivity index (χ0n) is 13.3. The Hall–Kier alpha value is -1.32. The molecule has 0 aromatic rings. The van der Waals surface area contributed by atoms with Crippen LogP contribution in [0.1, 0.15) is 71.6 Å². The van der Waals surface area contributed by atoms with E-state index < -0.39 is 23.5 Å². The first kappa shape index (κ1) is 17.7. The molecule has 1 aliphatic rings. The molecule has 1 rings (SSSR count). The summed E-state index contributed by atoms with van der Waals surface area (Å²) in [5, 5.41) is 9.36. The van der Waals surface area contributed by atoms with Gasteiger partial charge in [0, 0.05) is 0 Å². The van der Waals surface area contributed by atoms with Crippen molar-refractivity contribution in [2.24, 2.45) is 5.41 Å². The molecule has 4 heteroatoms. The van der Waals surface area contributed by atoms with Gasteiger partial charge in [0.25, 0.3) is 0 Å². The minimum Gasteiger partial charge on any atom is -0.480 e. The van der Waals surface area contributed by atoms with Crippen LogP contribution in [0.3, 0.4) is 0 Å². The molecule has 0 radical (unpaired) electrons. The maximum absolute atomic E-state index is 11.6. The quantitative estimate of drug-likeness (QED) is 0.374. The van der Waals surface area contributed by atoms with Crippen LogP contribution in [-0.2, 0) is 14.3 Å². The molecule has 0 aromatic carbocycles. The van der Waals surface area contributed by atoms with E-state index in [1.165, 1.54) is 39.0 Å². The Morgan fingerprint density at radius 2 is 1.71 bits per heavy atom. The van der Waals surface area contributed by atoms with Gasteiger partial charge in [0.1, 0.15) is 11.5 Å². The van der Waals surface area contributed by atoms with Crippen molar-refractivity contribution in [1.82, 2.24) is 0 Å². The van der Waals surface area contributed by atoms with E-state index in [4.69, 9.17) is 4.74 Å². The normalized spacial score (nSPS) is 25.1.